The molecule has 0 aromatic heterocycles. The summed E-state index contributed by atoms with van der Waals surface area (Å²) < 4.78 is 39.4. The van der Waals surface area contributed by atoms with Crippen LogP contribution in [0.25, 0.3) is 0 Å². The molecule has 0 bridgehead atoms. The van der Waals surface area contributed by atoms with Gasteiger partial charge in [0.25, 0.3) is 0 Å². The van der Waals surface area contributed by atoms with E-state index in [-0.39, 0.29) is 0 Å². The van der Waals surface area contributed by atoms with Gasteiger partial charge in [0.1, 0.15) is 0 Å². The largest absolute Gasteiger partial charge is 0.416 e. The average Bonchev–Trinajstić information content (AvgIpc) is 2.60. The lowest BCUT2D eigenvalue weighted by atomic mass is 9.90. The van der Waals surface area contributed by atoms with Crippen LogP contribution in [0.1, 0.15) is 49.7 Å². The number of halogens is 4. The third-order valence-electron chi connectivity index (χ3n) is 4.98. The first kappa shape index (κ1) is 22.0. The lowest BCUT2D eigenvalue weighted by Crippen LogP contribution is -2.38. The van der Waals surface area contributed by atoms with Crippen LogP contribution in [0, 0.1) is 0 Å². The fourth-order valence-corrected chi connectivity index (χ4v) is 5.62. The van der Waals surface area contributed by atoms with Crippen LogP contribution in [0.3, 0.4) is 0 Å². The Morgan fingerprint density at radius 1 is 1.04 bits per heavy atom. The number of alkyl halides is 4. The predicted octanol–water partition coefficient (Wildman–Crippen LogP) is 6.83. The standard InChI is InChI=1S/C20H28ClF3Si/c1-4-19(25(3)5-2,14-9-7-6-8-10-15-21)17-12-11-13-18(16-17)20(22,23)24/h4-5,11-13,16,25H,1-2,6-10,14-15H2,3H3. The van der Waals surface area contributed by atoms with Crippen molar-refractivity contribution in [1.29, 1.82) is 0 Å². The van der Waals surface area contributed by atoms with Gasteiger partial charge < -0.3 is 0 Å². The van der Waals surface area contributed by atoms with Crippen molar-refractivity contribution >= 4 is 20.4 Å². The fourth-order valence-electron chi connectivity index (χ4n) is 3.28. The maximum atomic E-state index is 13.1. The van der Waals surface area contributed by atoms with E-state index in [4.69, 9.17) is 11.6 Å². The van der Waals surface area contributed by atoms with Crippen molar-refractivity contribution in [3.8, 4) is 0 Å². The minimum Gasteiger partial charge on any atom is -0.166 e. The Hall–Kier alpha value is -1.00. The minimum absolute atomic E-state index is 0.393. The molecule has 0 aliphatic rings. The molecule has 2 atom stereocenters. The van der Waals surface area contributed by atoms with Gasteiger partial charge in [-0.1, -0.05) is 56.5 Å². The molecule has 0 aliphatic heterocycles. The Kier molecular flexibility index (Phi) is 9.01. The smallest absolute Gasteiger partial charge is 0.166 e. The molecule has 1 rings (SSSR count). The highest BCUT2D eigenvalue weighted by atomic mass is 35.5. The maximum absolute atomic E-state index is 13.1. The van der Waals surface area contributed by atoms with Crippen LogP contribution in [0.15, 0.2) is 49.2 Å². The molecule has 2 unspecified atom stereocenters. The fraction of sp³-hybridized carbons (Fsp3) is 0.500. The molecule has 140 valence electrons. The molecular formula is C20H28ClF3Si. The molecule has 0 saturated carbocycles. The van der Waals surface area contributed by atoms with Crippen LogP contribution in [0.5, 0.6) is 0 Å². The Morgan fingerprint density at radius 3 is 2.20 bits per heavy atom. The molecule has 0 N–H and O–H groups in total. The maximum Gasteiger partial charge on any atom is 0.416 e. The van der Waals surface area contributed by atoms with Gasteiger partial charge >= 0.3 is 6.18 Å². The normalized spacial score (nSPS) is 15.4. The lowest BCUT2D eigenvalue weighted by Gasteiger charge is -2.35. The van der Waals surface area contributed by atoms with Crippen LogP contribution < -0.4 is 0 Å². The molecule has 0 heterocycles. The Bertz CT molecular complexity index is 556. The molecule has 0 saturated heterocycles. The van der Waals surface area contributed by atoms with Gasteiger partial charge in [-0.3, -0.25) is 0 Å². The van der Waals surface area contributed by atoms with E-state index in [0.29, 0.717) is 5.88 Å². The Morgan fingerprint density at radius 2 is 1.64 bits per heavy atom. The highest BCUT2D eigenvalue weighted by molar-refractivity contribution is 6.66. The van der Waals surface area contributed by atoms with Crippen molar-refractivity contribution in [3.05, 3.63) is 60.3 Å². The van der Waals surface area contributed by atoms with E-state index in [1.54, 1.807) is 6.07 Å². The summed E-state index contributed by atoms with van der Waals surface area (Å²) in [5.41, 5.74) is 2.07. The van der Waals surface area contributed by atoms with E-state index in [2.05, 4.69) is 19.7 Å². The molecule has 1 aromatic rings. The van der Waals surface area contributed by atoms with Gasteiger partial charge in [-0.25, -0.2) is 0 Å². The number of unbranched alkanes of at least 4 members (excludes halogenated alkanes) is 4. The predicted molar refractivity (Wildman–Crippen MR) is 105 cm³/mol. The van der Waals surface area contributed by atoms with E-state index >= 15 is 0 Å². The van der Waals surface area contributed by atoms with Crippen molar-refractivity contribution in [2.45, 2.75) is 56.3 Å². The van der Waals surface area contributed by atoms with Crippen LogP contribution in [-0.4, -0.2) is 14.7 Å². The van der Waals surface area contributed by atoms with E-state index in [1.807, 2.05) is 11.8 Å². The number of allylic oxidation sites excluding steroid dienone is 1. The molecule has 0 fully saturated rings. The second kappa shape index (κ2) is 10.2. The van der Waals surface area contributed by atoms with Crippen LogP contribution in [0.4, 0.5) is 13.2 Å². The molecule has 25 heavy (non-hydrogen) atoms. The highest BCUT2D eigenvalue weighted by Gasteiger charge is 2.37. The minimum atomic E-state index is -4.33. The number of rotatable bonds is 11. The summed E-state index contributed by atoms with van der Waals surface area (Å²) >= 11 is 5.69. The number of benzene rings is 1. The molecular weight excluding hydrogens is 361 g/mol. The first-order chi connectivity index (χ1) is 11.8. The first-order valence-corrected chi connectivity index (χ1v) is 11.7. The summed E-state index contributed by atoms with van der Waals surface area (Å²) in [6.45, 7) is 10.0. The van der Waals surface area contributed by atoms with Gasteiger partial charge in [0.05, 0.1) is 14.4 Å². The lowest BCUT2D eigenvalue weighted by molar-refractivity contribution is -0.137. The second-order valence-electron chi connectivity index (χ2n) is 6.55. The molecule has 0 radical (unpaired) electrons. The summed E-state index contributed by atoms with van der Waals surface area (Å²) in [5.74, 6) is 0.682. The molecule has 0 amide bonds. The molecule has 5 heteroatoms. The number of hydrogen-bond acceptors (Lipinski definition) is 0. The van der Waals surface area contributed by atoms with Crippen molar-refractivity contribution in [2.75, 3.05) is 5.88 Å². The van der Waals surface area contributed by atoms with E-state index < -0.39 is 25.6 Å². The van der Waals surface area contributed by atoms with Gasteiger partial charge in [-0.2, -0.15) is 13.2 Å². The average molecular weight is 389 g/mol. The van der Waals surface area contributed by atoms with Gasteiger partial charge in [-0.15, -0.1) is 30.5 Å². The summed E-state index contributed by atoms with van der Waals surface area (Å²) in [4.78, 5) is 0. The zero-order valence-corrected chi connectivity index (χ0v) is 16.8. The first-order valence-electron chi connectivity index (χ1n) is 8.81. The van der Waals surface area contributed by atoms with Crippen molar-refractivity contribution in [1.82, 2.24) is 0 Å². The Labute approximate surface area is 156 Å². The van der Waals surface area contributed by atoms with E-state index in [9.17, 15) is 13.2 Å². The number of hydrogen-bond donors (Lipinski definition) is 0. The van der Waals surface area contributed by atoms with Crippen molar-refractivity contribution < 1.29 is 13.2 Å². The van der Waals surface area contributed by atoms with Crippen LogP contribution in [-0.2, 0) is 11.2 Å². The zero-order chi connectivity index (χ0) is 18.9. The third-order valence-corrected chi connectivity index (χ3v) is 8.44. The van der Waals surface area contributed by atoms with Crippen molar-refractivity contribution in [2.24, 2.45) is 0 Å². The molecule has 1 aromatic carbocycles. The quantitative estimate of drug-likeness (QED) is 0.169. The Balaban J connectivity index is 3.03. The van der Waals surface area contributed by atoms with Crippen molar-refractivity contribution in [3.63, 3.8) is 0 Å². The summed E-state index contributed by atoms with van der Waals surface area (Å²) in [6, 6.07) is 5.73. The zero-order valence-electron chi connectivity index (χ0n) is 14.9. The molecule has 0 nitrogen and oxygen atoms in total. The second-order valence-corrected chi connectivity index (χ2v) is 10.0. The SMILES string of the molecule is C=C[SiH](C)C(C=C)(CCCCCCCCl)c1cccc(C(F)(F)F)c1. The summed E-state index contributed by atoms with van der Waals surface area (Å²) in [5, 5.41) is -0.393. The van der Waals surface area contributed by atoms with Crippen LogP contribution >= 0.6 is 11.6 Å². The van der Waals surface area contributed by atoms with Crippen LogP contribution in [0.2, 0.25) is 6.55 Å². The topological polar surface area (TPSA) is 0 Å². The monoisotopic (exact) mass is 388 g/mol. The van der Waals surface area contributed by atoms with Gasteiger partial charge in [-0.05, 0) is 24.5 Å². The molecule has 0 aliphatic carbocycles. The third kappa shape index (κ3) is 6.03. The van der Waals surface area contributed by atoms with E-state index in [0.717, 1.165) is 50.2 Å². The summed E-state index contributed by atoms with van der Waals surface area (Å²) in [6.07, 6.45) is 3.59. The highest BCUT2D eigenvalue weighted by Crippen LogP contribution is 2.38. The van der Waals surface area contributed by atoms with E-state index in [1.165, 1.54) is 12.1 Å². The van der Waals surface area contributed by atoms with Gasteiger partial charge in [0.15, 0.2) is 0 Å². The van der Waals surface area contributed by atoms with Gasteiger partial charge in [0.2, 0.25) is 0 Å². The summed E-state index contributed by atoms with van der Waals surface area (Å²) in [7, 11) is -1.54. The van der Waals surface area contributed by atoms with Gasteiger partial charge in [0, 0.05) is 10.9 Å². The molecule has 0 spiro atoms.